The molecule has 6 aliphatic rings. The van der Waals surface area contributed by atoms with Crippen LogP contribution in [-0.2, 0) is 0 Å². The van der Waals surface area contributed by atoms with Crippen LogP contribution in [0, 0.1) is 102 Å². The van der Waals surface area contributed by atoms with Crippen molar-refractivity contribution in [2.45, 2.75) is 0 Å². The van der Waals surface area contributed by atoms with Crippen molar-refractivity contribution in [2.75, 3.05) is 0 Å². The summed E-state index contributed by atoms with van der Waals surface area (Å²) in [6.45, 7) is 0. The van der Waals surface area contributed by atoms with Crippen LogP contribution in [0.15, 0.2) is 87.7 Å². The Hall–Kier alpha value is -10.2. The molecule has 0 unspecified atom stereocenters. The Morgan fingerprint density at radius 2 is 0.611 bits per heavy atom. The summed E-state index contributed by atoms with van der Waals surface area (Å²) in [5.74, 6) is -1.17. The van der Waals surface area contributed by atoms with Gasteiger partial charge in [-0.3, -0.25) is 0 Å². The zero-order chi connectivity index (χ0) is 38.1. The standard InChI is InChI=1S/C31H7N23/c32-2-11(22-49-26-27(50-22)44-17(6-36)16(5-35)43-26)14-1-15(12(3-33)23-51-28-29(52-23)46-19(8-38)18(7-37)45-28)42-24(41-14)13(4-34)25-53-30-31(54-25)48-21(10-40)20(9-39)47-30/h1H,(H,43,49)(H,44,50)(H,45,51)(H,46,52)(H,47,53)(H,48,54). The molecule has 0 saturated carbocycles. The molecule has 0 amide bonds. The predicted molar refractivity (Wildman–Crippen MR) is 178 cm³/mol. The fraction of sp³-hybridized carbons (Fsp3) is 0. The van der Waals surface area contributed by atoms with Crippen LogP contribution < -0.4 is 31.9 Å². The number of hydrogen-bond acceptors (Lipinski definition) is 23. The van der Waals surface area contributed by atoms with Crippen molar-refractivity contribution in [1.29, 1.82) is 47.4 Å². The minimum absolute atomic E-state index is 0.00562. The van der Waals surface area contributed by atoms with Gasteiger partial charge < -0.3 is 31.9 Å². The lowest BCUT2D eigenvalue weighted by Gasteiger charge is -2.15. The van der Waals surface area contributed by atoms with Gasteiger partial charge in [-0.1, -0.05) is 0 Å². The number of aromatic nitrogens is 2. The Balaban J connectivity index is 1.42. The third-order valence-electron chi connectivity index (χ3n) is 7.33. The van der Waals surface area contributed by atoms with E-state index in [2.05, 4.69) is 71.8 Å². The van der Waals surface area contributed by atoms with E-state index in [4.69, 9.17) is 0 Å². The van der Waals surface area contributed by atoms with E-state index in [0.717, 1.165) is 0 Å². The van der Waals surface area contributed by atoms with Gasteiger partial charge in [0.15, 0.2) is 92.5 Å². The molecule has 6 aliphatic heterocycles. The van der Waals surface area contributed by atoms with Gasteiger partial charge in [-0.25, -0.2) is 39.9 Å². The molecular weight excluding hydrogens is 695 g/mol. The Morgan fingerprint density at radius 3 is 0.833 bits per heavy atom. The summed E-state index contributed by atoms with van der Waals surface area (Å²) in [6, 6.07) is 17.9. The molecular formula is C31H7N23. The van der Waals surface area contributed by atoms with Gasteiger partial charge in [0.2, 0.25) is 0 Å². The number of fused-ring (bicyclic) bond motifs is 3. The zero-order valence-electron chi connectivity index (χ0n) is 26.2. The largest absolute Gasteiger partial charge is 0.326 e. The molecule has 0 bridgehead atoms. The van der Waals surface area contributed by atoms with Gasteiger partial charge >= 0.3 is 0 Å². The number of aliphatic imine (C=N–C) groups is 6. The van der Waals surface area contributed by atoms with Crippen molar-refractivity contribution in [3.63, 3.8) is 0 Å². The number of rotatable bonds is 3. The topological polar surface area (TPSA) is 386 Å². The molecule has 0 fully saturated rings. The molecule has 246 valence electrons. The molecule has 23 heteroatoms. The van der Waals surface area contributed by atoms with Crippen molar-refractivity contribution in [1.82, 2.24) is 41.9 Å². The minimum atomic E-state index is -0.414. The quantitative estimate of drug-likeness (QED) is 0.202. The van der Waals surface area contributed by atoms with Gasteiger partial charge in [0.05, 0.1) is 11.4 Å². The number of hydrogen-bond donors (Lipinski definition) is 6. The van der Waals surface area contributed by atoms with E-state index in [-0.39, 0.29) is 115 Å². The molecule has 7 rings (SSSR count). The molecule has 23 nitrogen and oxygen atoms in total. The van der Waals surface area contributed by atoms with Gasteiger partial charge in [0.1, 0.15) is 71.3 Å². The lowest BCUT2D eigenvalue weighted by atomic mass is 10.1. The van der Waals surface area contributed by atoms with Crippen LogP contribution in [0.4, 0.5) is 0 Å². The van der Waals surface area contributed by atoms with Crippen molar-refractivity contribution in [3.05, 3.63) is 74.9 Å². The monoisotopic (exact) mass is 701 g/mol. The fourth-order valence-electron chi connectivity index (χ4n) is 4.93. The summed E-state index contributed by atoms with van der Waals surface area (Å²) in [4.78, 5) is 34.5. The molecule has 0 radical (unpaired) electrons. The number of nitrogens with zero attached hydrogens (tertiary/aromatic N) is 17. The fourth-order valence-corrected chi connectivity index (χ4v) is 4.93. The molecule has 0 spiro atoms. The highest BCUT2D eigenvalue weighted by atomic mass is 15.3. The third kappa shape index (κ3) is 5.17. The zero-order valence-corrected chi connectivity index (χ0v) is 26.2. The van der Waals surface area contributed by atoms with Crippen LogP contribution in [0.3, 0.4) is 0 Å². The summed E-state index contributed by atoms with van der Waals surface area (Å²) in [5.41, 5.74) is -2.38. The molecule has 0 atom stereocenters. The normalized spacial score (nSPS) is 16.8. The molecule has 0 saturated heterocycles. The molecule has 1 aromatic rings. The first kappa shape index (κ1) is 32.3. The molecule has 6 N–H and O–H groups in total. The lowest BCUT2D eigenvalue weighted by molar-refractivity contribution is 1.04. The summed E-state index contributed by atoms with van der Waals surface area (Å²) in [5, 5.41) is 104. The van der Waals surface area contributed by atoms with Gasteiger partial charge in [-0.15, -0.1) is 0 Å². The van der Waals surface area contributed by atoms with Gasteiger partial charge in [-0.2, -0.15) is 47.4 Å². The number of nitriles is 9. The first-order valence-electron chi connectivity index (χ1n) is 14.4. The average Bonchev–Trinajstić information content (AvgIpc) is 3.92. The maximum atomic E-state index is 10.4. The molecule has 54 heavy (non-hydrogen) atoms. The maximum absolute atomic E-state index is 10.4. The maximum Gasteiger partial charge on any atom is 0.178 e. The van der Waals surface area contributed by atoms with E-state index in [1.807, 2.05) is 54.6 Å². The summed E-state index contributed by atoms with van der Waals surface area (Å²) >= 11 is 0. The van der Waals surface area contributed by atoms with Crippen LogP contribution in [0.25, 0.3) is 16.7 Å². The van der Waals surface area contributed by atoms with E-state index < -0.39 is 5.82 Å². The summed E-state index contributed by atoms with van der Waals surface area (Å²) < 4.78 is 0. The van der Waals surface area contributed by atoms with E-state index >= 15 is 0 Å². The smallest absolute Gasteiger partial charge is 0.178 e. The predicted octanol–water partition coefficient (Wildman–Crippen LogP) is -1.16. The summed E-state index contributed by atoms with van der Waals surface area (Å²) in [6.07, 6.45) is 0. The Morgan fingerprint density at radius 1 is 0.370 bits per heavy atom. The molecule has 0 aliphatic carbocycles. The van der Waals surface area contributed by atoms with Gasteiger partial charge in [0.25, 0.3) is 0 Å². The highest BCUT2D eigenvalue weighted by Gasteiger charge is 2.33. The second-order valence-electron chi connectivity index (χ2n) is 10.3. The van der Waals surface area contributed by atoms with E-state index in [0.29, 0.717) is 0 Å². The average molecular weight is 702 g/mol. The third-order valence-corrected chi connectivity index (χ3v) is 7.33. The number of nitrogens with one attached hydrogen (secondary N) is 6. The molecule has 7 heterocycles. The minimum Gasteiger partial charge on any atom is -0.326 e. The van der Waals surface area contributed by atoms with Crippen molar-refractivity contribution >= 4 is 51.7 Å². The van der Waals surface area contributed by atoms with E-state index in [9.17, 15) is 47.4 Å². The number of amidine groups is 6. The van der Waals surface area contributed by atoms with Crippen LogP contribution in [0.1, 0.15) is 17.2 Å². The molecule has 1 aromatic heterocycles. The first-order valence-corrected chi connectivity index (χ1v) is 14.4. The van der Waals surface area contributed by atoms with Gasteiger partial charge in [0, 0.05) is 0 Å². The second-order valence-corrected chi connectivity index (χ2v) is 10.3. The SMILES string of the molecule is N#CC1=C(C#N)NC2=NC(=C(C#N)c3cc(C(C#N)=C4N=C5NC(C#N)=C(C#N)NC5=N4)nc(C(C#N)=C4N=C5NC(C#N)=C(C#N)NC5=N4)n3)N=C2N1. The Bertz CT molecular complexity index is 2440. The highest BCUT2D eigenvalue weighted by molar-refractivity contribution is 6.45. The van der Waals surface area contributed by atoms with Gasteiger partial charge in [-0.05, 0) is 6.07 Å². The number of allylic oxidation sites excluding steroid dienone is 9. The van der Waals surface area contributed by atoms with Crippen LogP contribution in [0.5, 0.6) is 0 Å². The van der Waals surface area contributed by atoms with Crippen LogP contribution >= 0.6 is 0 Å². The van der Waals surface area contributed by atoms with E-state index in [1.54, 1.807) is 0 Å². The Kier molecular flexibility index (Phi) is 7.57. The Labute approximate surface area is 300 Å². The second kappa shape index (κ2) is 12.7. The molecule has 0 aromatic carbocycles. The van der Waals surface area contributed by atoms with Crippen molar-refractivity contribution < 1.29 is 0 Å². The van der Waals surface area contributed by atoms with E-state index in [1.165, 1.54) is 6.07 Å². The highest BCUT2D eigenvalue weighted by Crippen LogP contribution is 2.31. The summed E-state index contributed by atoms with van der Waals surface area (Å²) in [7, 11) is 0. The first-order chi connectivity index (χ1) is 26.3. The lowest BCUT2D eigenvalue weighted by Crippen LogP contribution is -2.43. The van der Waals surface area contributed by atoms with Crippen LogP contribution in [-0.4, -0.2) is 45.0 Å². The van der Waals surface area contributed by atoms with Crippen molar-refractivity contribution in [2.24, 2.45) is 30.0 Å². The van der Waals surface area contributed by atoms with Crippen LogP contribution in [0.2, 0.25) is 0 Å². The van der Waals surface area contributed by atoms with Crippen molar-refractivity contribution in [3.8, 4) is 54.6 Å².